The topological polar surface area (TPSA) is 114 Å². The molecule has 0 fully saturated rings. The van der Waals surface area contributed by atoms with E-state index in [-0.39, 0.29) is 11.9 Å². The van der Waals surface area contributed by atoms with Gasteiger partial charge in [-0.15, -0.1) is 0 Å². The molecule has 7 heteroatoms. The van der Waals surface area contributed by atoms with Crippen LogP contribution in [-0.4, -0.2) is 48.7 Å². The molecule has 0 bridgehead atoms. The van der Waals surface area contributed by atoms with E-state index in [2.05, 4.69) is 17.0 Å². The van der Waals surface area contributed by atoms with Gasteiger partial charge < -0.3 is 16.8 Å². The van der Waals surface area contributed by atoms with Crippen LogP contribution in [0.2, 0.25) is 0 Å². The van der Waals surface area contributed by atoms with Gasteiger partial charge in [0, 0.05) is 19.5 Å². The van der Waals surface area contributed by atoms with Gasteiger partial charge in [0.2, 0.25) is 6.04 Å². The predicted molar refractivity (Wildman–Crippen MR) is 75.1 cm³/mol. The van der Waals surface area contributed by atoms with Gasteiger partial charge in [0.15, 0.2) is 5.96 Å². The summed E-state index contributed by atoms with van der Waals surface area (Å²) in [5.74, 6) is -0.175. The Labute approximate surface area is 113 Å². The lowest BCUT2D eigenvalue weighted by Crippen LogP contribution is -2.42. The van der Waals surface area contributed by atoms with Crippen molar-refractivity contribution in [2.24, 2.45) is 16.5 Å². The molecule has 0 aromatic rings. The number of aliphatic imine (C=N–C) groups is 1. The largest absolute Gasteiger partial charge is 0.375 e. The first kappa shape index (κ1) is 17.1. The number of guanidine groups is 1. The number of nitrogens with zero attached hydrogens (tertiary/aromatic N) is 2. The summed E-state index contributed by atoms with van der Waals surface area (Å²) in [4.78, 5) is 26.5. The standard InChI is InChI=1S/C12H23N5O2/c1-3-4-7-15-11(19)10(17(2)9-18)6-5-8-16-12(13)14/h9-10H,2-8H2,1H3,(H4-,13,14,15,16,19)/p+1. The Morgan fingerprint density at radius 3 is 2.68 bits per heavy atom. The minimum Gasteiger partial charge on any atom is -0.370 e. The van der Waals surface area contributed by atoms with Gasteiger partial charge in [0.05, 0.1) is 0 Å². The van der Waals surface area contributed by atoms with Crippen molar-refractivity contribution in [3.05, 3.63) is 0 Å². The summed E-state index contributed by atoms with van der Waals surface area (Å²) < 4.78 is 1.12. The Balaban J connectivity index is 4.30. The van der Waals surface area contributed by atoms with Gasteiger partial charge in [-0.1, -0.05) is 13.3 Å². The molecule has 0 aliphatic rings. The molecule has 2 amide bonds. The Hall–Kier alpha value is -1.92. The summed E-state index contributed by atoms with van der Waals surface area (Å²) in [6.07, 6.45) is 3.52. The van der Waals surface area contributed by atoms with Gasteiger partial charge in [0.1, 0.15) is 6.72 Å². The van der Waals surface area contributed by atoms with Crippen LogP contribution < -0.4 is 16.8 Å². The summed E-state index contributed by atoms with van der Waals surface area (Å²) in [5.41, 5.74) is 10.4. The minimum atomic E-state index is -0.580. The number of unbranched alkanes of at least 4 members (excludes halogenated alkanes) is 1. The van der Waals surface area contributed by atoms with E-state index < -0.39 is 6.04 Å². The van der Waals surface area contributed by atoms with E-state index in [9.17, 15) is 9.59 Å². The van der Waals surface area contributed by atoms with Crippen molar-refractivity contribution in [3.63, 3.8) is 0 Å². The van der Waals surface area contributed by atoms with Gasteiger partial charge in [0.25, 0.3) is 5.91 Å². The maximum absolute atomic E-state index is 11.9. The van der Waals surface area contributed by atoms with E-state index in [4.69, 9.17) is 11.5 Å². The molecule has 0 saturated heterocycles. The number of hydrogen-bond donors (Lipinski definition) is 3. The first-order valence-electron chi connectivity index (χ1n) is 6.40. The van der Waals surface area contributed by atoms with Crippen molar-refractivity contribution >= 4 is 25.0 Å². The third kappa shape index (κ3) is 7.91. The zero-order chi connectivity index (χ0) is 14.7. The van der Waals surface area contributed by atoms with Crippen molar-refractivity contribution in [1.82, 2.24) is 5.32 Å². The summed E-state index contributed by atoms with van der Waals surface area (Å²) in [5, 5.41) is 2.78. The molecule has 0 spiro atoms. The molecule has 5 N–H and O–H groups in total. The number of rotatable bonds is 10. The highest BCUT2D eigenvalue weighted by atomic mass is 16.2. The van der Waals surface area contributed by atoms with Crippen LogP contribution in [0.3, 0.4) is 0 Å². The van der Waals surface area contributed by atoms with E-state index in [1.807, 2.05) is 6.92 Å². The molecule has 0 aromatic heterocycles. The van der Waals surface area contributed by atoms with E-state index in [1.165, 1.54) is 0 Å². The van der Waals surface area contributed by atoms with Crippen molar-refractivity contribution in [2.75, 3.05) is 13.1 Å². The van der Waals surface area contributed by atoms with Gasteiger partial charge >= 0.3 is 6.41 Å². The van der Waals surface area contributed by atoms with E-state index >= 15 is 0 Å². The Kier molecular flexibility index (Phi) is 9.03. The predicted octanol–water partition coefficient (Wildman–Crippen LogP) is -0.806. The molecule has 0 aliphatic carbocycles. The zero-order valence-corrected chi connectivity index (χ0v) is 11.5. The summed E-state index contributed by atoms with van der Waals surface area (Å²) in [6, 6.07) is -0.580. The quantitative estimate of drug-likeness (QED) is 0.158. The third-order valence-corrected chi connectivity index (χ3v) is 2.60. The highest BCUT2D eigenvalue weighted by Gasteiger charge is 2.26. The van der Waals surface area contributed by atoms with Crippen LogP contribution in [0.5, 0.6) is 0 Å². The SMILES string of the molecule is C=[N+](C=O)C(CCCN=C(N)N)C(=O)NCCCC. The molecule has 0 aliphatic heterocycles. The molecule has 0 radical (unpaired) electrons. The number of carbonyl (C=O) groups is 2. The van der Waals surface area contributed by atoms with Crippen LogP contribution in [0.1, 0.15) is 32.6 Å². The van der Waals surface area contributed by atoms with Crippen LogP contribution in [0, 0.1) is 0 Å². The zero-order valence-electron chi connectivity index (χ0n) is 11.5. The minimum absolute atomic E-state index is 0.0193. The molecule has 7 nitrogen and oxygen atoms in total. The monoisotopic (exact) mass is 270 g/mol. The highest BCUT2D eigenvalue weighted by Crippen LogP contribution is 2.02. The normalized spacial score (nSPS) is 11.4. The lowest BCUT2D eigenvalue weighted by Gasteiger charge is -2.11. The van der Waals surface area contributed by atoms with Crippen LogP contribution in [0.4, 0.5) is 0 Å². The molecule has 0 aromatic carbocycles. The first-order valence-corrected chi connectivity index (χ1v) is 6.40. The van der Waals surface area contributed by atoms with Crippen molar-refractivity contribution < 1.29 is 14.2 Å². The highest BCUT2D eigenvalue weighted by molar-refractivity contribution is 5.81. The van der Waals surface area contributed by atoms with Gasteiger partial charge in [-0.3, -0.25) is 9.79 Å². The molecule has 0 heterocycles. The average Bonchev–Trinajstić information content (AvgIpc) is 2.37. The van der Waals surface area contributed by atoms with E-state index in [0.29, 0.717) is 32.3 Å². The molecule has 0 rings (SSSR count). The number of hydrogen-bond acceptors (Lipinski definition) is 3. The summed E-state index contributed by atoms with van der Waals surface area (Å²) in [7, 11) is 0. The molecule has 0 saturated carbocycles. The molecule has 108 valence electrons. The number of carbonyl (C=O) groups excluding carboxylic acids is 2. The van der Waals surface area contributed by atoms with Crippen LogP contribution in [-0.2, 0) is 9.59 Å². The molecule has 19 heavy (non-hydrogen) atoms. The fourth-order valence-electron chi connectivity index (χ4n) is 1.52. The average molecular weight is 270 g/mol. The second-order valence-corrected chi connectivity index (χ2v) is 4.23. The number of amides is 2. The number of nitrogens with two attached hydrogens (primary N) is 2. The van der Waals surface area contributed by atoms with Crippen LogP contribution in [0.15, 0.2) is 4.99 Å². The van der Waals surface area contributed by atoms with Crippen molar-refractivity contribution in [2.45, 2.75) is 38.6 Å². The maximum Gasteiger partial charge on any atom is 0.375 e. The van der Waals surface area contributed by atoms with Gasteiger partial charge in [-0.2, -0.15) is 4.58 Å². The van der Waals surface area contributed by atoms with Gasteiger partial charge in [-0.05, 0) is 12.8 Å². The second-order valence-electron chi connectivity index (χ2n) is 4.23. The molecular formula is C12H24N5O2+. The molecular weight excluding hydrogens is 246 g/mol. The number of nitrogens with one attached hydrogen (secondary N) is 1. The Morgan fingerprint density at radius 1 is 1.47 bits per heavy atom. The van der Waals surface area contributed by atoms with E-state index in [0.717, 1.165) is 17.4 Å². The Bertz CT molecular complexity index is 337. The smallest absolute Gasteiger partial charge is 0.370 e. The van der Waals surface area contributed by atoms with Crippen LogP contribution >= 0.6 is 0 Å². The molecule has 1 atom stereocenters. The van der Waals surface area contributed by atoms with Crippen molar-refractivity contribution in [3.8, 4) is 0 Å². The lowest BCUT2D eigenvalue weighted by atomic mass is 10.1. The van der Waals surface area contributed by atoms with Gasteiger partial charge in [-0.25, -0.2) is 4.79 Å². The lowest BCUT2D eigenvalue weighted by molar-refractivity contribution is -0.453. The fraction of sp³-hybridized carbons (Fsp3) is 0.667. The summed E-state index contributed by atoms with van der Waals surface area (Å²) in [6.45, 7) is 6.61. The molecule has 1 unspecified atom stereocenters. The first-order chi connectivity index (χ1) is 9.02. The second kappa shape index (κ2) is 10.0. The fourth-order valence-corrected chi connectivity index (χ4v) is 1.52. The Morgan fingerprint density at radius 2 is 2.16 bits per heavy atom. The maximum atomic E-state index is 11.9. The van der Waals surface area contributed by atoms with Crippen LogP contribution in [0.25, 0.3) is 0 Å². The van der Waals surface area contributed by atoms with Crippen molar-refractivity contribution in [1.29, 1.82) is 0 Å². The van der Waals surface area contributed by atoms with E-state index in [1.54, 1.807) is 0 Å². The third-order valence-electron chi connectivity index (χ3n) is 2.60. The summed E-state index contributed by atoms with van der Waals surface area (Å²) >= 11 is 0.